The molecule has 4 N–H and O–H groups in total. The van der Waals surface area contributed by atoms with Crippen molar-refractivity contribution in [2.45, 2.75) is 36.6 Å². The molecule has 2 unspecified atom stereocenters. The predicted molar refractivity (Wildman–Crippen MR) is 127 cm³/mol. The zero-order valence-corrected chi connectivity index (χ0v) is 18.8. The minimum atomic E-state index is -0.230. The van der Waals surface area contributed by atoms with Crippen LogP contribution in [0.2, 0.25) is 0 Å². The van der Waals surface area contributed by atoms with Crippen LogP contribution in [0.15, 0.2) is 54.7 Å². The average molecular weight is 453 g/mol. The maximum absolute atomic E-state index is 12.5. The molecule has 7 nitrogen and oxygen atoms in total. The van der Waals surface area contributed by atoms with Gasteiger partial charge < -0.3 is 20.4 Å². The number of aromatic nitrogens is 1. The highest BCUT2D eigenvalue weighted by molar-refractivity contribution is 7.99. The highest BCUT2D eigenvalue weighted by Gasteiger charge is 2.27. The highest BCUT2D eigenvalue weighted by atomic mass is 32.2. The number of thioether (sulfide) groups is 1. The number of hydrogen-bond acceptors (Lipinski definition) is 5. The molecule has 1 aromatic heterocycles. The van der Waals surface area contributed by atoms with Gasteiger partial charge in [0.1, 0.15) is 11.2 Å². The second kappa shape index (κ2) is 10.6. The maximum Gasteiger partial charge on any atom is 0.223 e. The Bertz CT molecular complexity index is 1080. The van der Waals surface area contributed by atoms with Gasteiger partial charge in [0.25, 0.3) is 0 Å². The fourth-order valence-electron chi connectivity index (χ4n) is 3.88. The van der Waals surface area contributed by atoms with Crippen LogP contribution in [0.1, 0.15) is 24.0 Å². The Morgan fingerprint density at radius 1 is 1.22 bits per heavy atom. The normalized spacial score (nSPS) is 18.3. The van der Waals surface area contributed by atoms with Crippen LogP contribution in [-0.2, 0) is 21.8 Å². The monoisotopic (exact) mass is 452 g/mol. The van der Waals surface area contributed by atoms with Gasteiger partial charge in [0.05, 0.1) is 7.11 Å². The lowest BCUT2D eigenvalue weighted by molar-refractivity contribution is -0.125. The lowest BCUT2D eigenvalue weighted by Crippen LogP contribution is -2.55. The summed E-state index contributed by atoms with van der Waals surface area (Å²) in [5.41, 5.74) is 3.17. The van der Waals surface area contributed by atoms with Gasteiger partial charge in [-0.25, -0.2) is 0 Å². The van der Waals surface area contributed by atoms with Crippen LogP contribution >= 0.6 is 11.8 Å². The molecule has 1 aliphatic rings. The molecule has 168 valence electrons. The number of nitrogens with one attached hydrogen (secondary N) is 4. The SMILES string of the molecule is COc1cccc(CSC2NC(=O)CC(CC(=O)NCCc3c[nH]c4ccccc34)N2)c1. The van der Waals surface area contributed by atoms with Crippen LogP contribution in [-0.4, -0.2) is 42.0 Å². The number of rotatable bonds is 9. The third-order valence-electron chi connectivity index (χ3n) is 5.48. The van der Waals surface area contributed by atoms with Crippen LogP contribution in [0.5, 0.6) is 5.75 Å². The first kappa shape index (κ1) is 22.2. The van der Waals surface area contributed by atoms with E-state index in [1.165, 1.54) is 10.9 Å². The van der Waals surface area contributed by atoms with E-state index in [1.807, 2.05) is 48.7 Å². The highest BCUT2D eigenvalue weighted by Crippen LogP contribution is 2.22. The van der Waals surface area contributed by atoms with E-state index in [-0.39, 0.29) is 29.8 Å². The Kier molecular flexibility index (Phi) is 7.34. The molecule has 1 aliphatic heterocycles. The van der Waals surface area contributed by atoms with E-state index in [4.69, 9.17) is 4.74 Å². The van der Waals surface area contributed by atoms with Crippen molar-refractivity contribution in [2.24, 2.45) is 0 Å². The molecule has 2 atom stereocenters. The van der Waals surface area contributed by atoms with Crippen LogP contribution in [0.4, 0.5) is 0 Å². The number of fused-ring (bicyclic) bond motifs is 1. The minimum Gasteiger partial charge on any atom is -0.497 e. The number of carbonyl (C=O) groups excluding carboxylic acids is 2. The molecule has 0 spiro atoms. The Balaban J connectivity index is 1.23. The number of amides is 2. The average Bonchev–Trinajstić information content (AvgIpc) is 3.20. The number of carbonyl (C=O) groups is 2. The van der Waals surface area contributed by atoms with Gasteiger partial charge in [0.2, 0.25) is 11.8 Å². The van der Waals surface area contributed by atoms with Crippen LogP contribution in [0.3, 0.4) is 0 Å². The van der Waals surface area contributed by atoms with E-state index in [9.17, 15) is 9.59 Å². The molecule has 2 amide bonds. The van der Waals surface area contributed by atoms with E-state index in [0.717, 1.165) is 29.0 Å². The summed E-state index contributed by atoms with van der Waals surface area (Å²) in [6, 6.07) is 15.8. The van der Waals surface area contributed by atoms with Crippen molar-refractivity contribution in [1.82, 2.24) is 20.9 Å². The fraction of sp³-hybridized carbons (Fsp3) is 0.333. The van der Waals surface area contributed by atoms with Gasteiger partial charge in [0.15, 0.2) is 0 Å². The first-order chi connectivity index (χ1) is 15.6. The summed E-state index contributed by atoms with van der Waals surface area (Å²) < 4.78 is 5.26. The Morgan fingerprint density at radius 2 is 2.09 bits per heavy atom. The van der Waals surface area contributed by atoms with E-state index >= 15 is 0 Å². The molecule has 3 aromatic rings. The zero-order valence-electron chi connectivity index (χ0n) is 18.0. The number of methoxy groups -OCH3 is 1. The van der Waals surface area contributed by atoms with E-state index in [1.54, 1.807) is 18.9 Å². The Labute approximate surface area is 191 Å². The van der Waals surface area contributed by atoms with Crippen LogP contribution in [0, 0.1) is 0 Å². The quantitative estimate of drug-likeness (QED) is 0.400. The standard InChI is InChI=1S/C24H28N4O3S/c1-31-19-6-4-5-16(11-19)15-32-24-27-18(13-23(30)28-24)12-22(29)25-10-9-17-14-26-21-8-3-2-7-20(17)21/h2-8,11,14,18,24,26-27H,9-10,12-13,15H2,1H3,(H,25,29)(H,28,30). The molecule has 2 heterocycles. The number of ether oxygens (including phenoxy) is 1. The summed E-state index contributed by atoms with van der Waals surface area (Å²) in [6.07, 6.45) is 3.32. The Morgan fingerprint density at radius 3 is 2.97 bits per heavy atom. The van der Waals surface area contributed by atoms with Gasteiger partial charge in [-0.3, -0.25) is 14.9 Å². The molecule has 4 rings (SSSR count). The van der Waals surface area contributed by atoms with E-state index < -0.39 is 0 Å². The summed E-state index contributed by atoms with van der Waals surface area (Å²) >= 11 is 1.59. The van der Waals surface area contributed by atoms with E-state index in [0.29, 0.717) is 13.0 Å². The summed E-state index contributed by atoms with van der Waals surface area (Å²) in [6.45, 7) is 0.563. The smallest absolute Gasteiger partial charge is 0.223 e. The minimum absolute atomic E-state index is 0.0384. The van der Waals surface area contributed by atoms with Crippen molar-refractivity contribution in [1.29, 1.82) is 0 Å². The molecule has 1 fully saturated rings. The van der Waals surface area contributed by atoms with Crippen LogP contribution < -0.4 is 20.7 Å². The molecule has 0 aliphatic carbocycles. The number of hydrogen-bond donors (Lipinski definition) is 4. The van der Waals surface area contributed by atoms with Gasteiger partial charge in [-0.2, -0.15) is 0 Å². The largest absolute Gasteiger partial charge is 0.497 e. The number of H-pyrrole nitrogens is 1. The fourth-order valence-corrected chi connectivity index (χ4v) is 4.92. The van der Waals surface area contributed by atoms with Crippen molar-refractivity contribution in [3.8, 4) is 5.75 Å². The number of para-hydroxylation sites is 1. The molecule has 0 bridgehead atoms. The van der Waals surface area contributed by atoms with E-state index in [2.05, 4.69) is 27.0 Å². The molecule has 2 aromatic carbocycles. The third kappa shape index (κ3) is 5.83. The first-order valence-corrected chi connectivity index (χ1v) is 11.8. The van der Waals surface area contributed by atoms with Crippen molar-refractivity contribution >= 4 is 34.5 Å². The second-order valence-electron chi connectivity index (χ2n) is 7.84. The molecular weight excluding hydrogens is 424 g/mol. The molecular formula is C24H28N4O3S. The van der Waals surface area contributed by atoms with Crippen LogP contribution in [0.25, 0.3) is 10.9 Å². The van der Waals surface area contributed by atoms with Gasteiger partial charge in [0, 0.05) is 48.3 Å². The zero-order chi connectivity index (χ0) is 22.3. The summed E-state index contributed by atoms with van der Waals surface area (Å²) in [5.74, 6) is 1.45. The van der Waals surface area contributed by atoms with Crippen molar-refractivity contribution in [3.05, 3.63) is 65.9 Å². The predicted octanol–water partition coefficient (Wildman–Crippen LogP) is 2.92. The van der Waals surface area contributed by atoms with Crippen molar-refractivity contribution in [3.63, 3.8) is 0 Å². The summed E-state index contributed by atoms with van der Waals surface area (Å²) in [7, 11) is 1.64. The van der Waals surface area contributed by atoms with Gasteiger partial charge >= 0.3 is 0 Å². The van der Waals surface area contributed by atoms with Gasteiger partial charge in [-0.15, -0.1) is 11.8 Å². The lowest BCUT2D eigenvalue weighted by Gasteiger charge is -2.31. The number of aromatic amines is 1. The lowest BCUT2D eigenvalue weighted by atomic mass is 10.1. The summed E-state index contributed by atoms with van der Waals surface area (Å²) in [4.78, 5) is 27.9. The molecule has 8 heteroatoms. The Hall–Kier alpha value is -2.97. The molecule has 32 heavy (non-hydrogen) atoms. The third-order valence-corrected chi connectivity index (χ3v) is 6.57. The van der Waals surface area contributed by atoms with Crippen molar-refractivity contribution < 1.29 is 14.3 Å². The van der Waals surface area contributed by atoms with Gasteiger partial charge in [-0.05, 0) is 35.7 Å². The molecule has 0 saturated carbocycles. The number of benzene rings is 2. The van der Waals surface area contributed by atoms with Gasteiger partial charge in [-0.1, -0.05) is 30.3 Å². The second-order valence-corrected chi connectivity index (χ2v) is 8.93. The summed E-state index contributed by atoms with van der Waals surface area (Å²) in [5, 5.41) is 10.5. The molecule has 0 radical (unpaired) electrons. The first-order valence-electron chi connectivity index (χ1n) is 10.7. The topological polar surface area (TPSA) is 95.2 Å². The van der Waals surface area contributed by atoms with Crippen molar-refractivity contribution in [2.75, 3.05) is 13.7 Å². The molecule has 1 saturated heterocycles. The maximum atomic E-state index is 12.5.